The molecule has 0 amide bonds. The molecule has 1 fully saturated rings. The van der Waals surface area contributed by atoms with Crippen molar-refractivity contribution in [3.8, 4) is 0 Å². The number of hydrogen-bond acceptors (Lipinski definition) is 2. The van der Waals surface area contributed by atoms with Crippen molar-refractivity contribution in [2.75, 3.05) is 13.1 Å². The summed E-state index contributed by atoms with van der Waals surface area (Å²) in [6.45, 7) is 2.31. The van der Waals surface area contributed by atoms with Gasteiger partial charge in [-0.15, -0.1) is 0 Å². The van der Waals surface area contributed by atoms with Crippen LogP contribution in [0.15, 0.2) is 0 Å². The molecule has 72 valence electrons. The molecule has 3 nitrogen and oxygen atoms in total. The van der Waals surface area contributed by atoms with E-state index < -0.39 is 12.1 Å². The van der Waals surface area contributed by atoms with E-state index in [0.29, 0.717) is 0 Å². The van der Waals surface area contributed by atoms with Crippen LogP contribution in [0.4, 0.5) is 13.2 Å². The van der Waals surface area contributed by atoms with E-state index in [4.69, 9.17) is 9.90 Å². The Labute approximate surface area is 75.1 Å². The predicted octanol–water partition coefficient (Wildman–Crippen LogP) is 0.986. The lowest BCUT2D eigenvalue weighted by atomic mass is 10.3. The standard InChI is InChI=1S/C3H6BrN.C2HF3O2/c4-3-1-5-2-3;3-2(4,5)1(6)7/h3,5H,1-2H2;(H,6,7). The highest BCUT2D eigenvalue weighted by Crippen LogP contribution is 2.13. The number of hydrogen-bond donors (Lipinski definition) is 2. The highest BCUT2D eigenvalue weighted by atomic mass is 79.9. The molecule has 1 aliphatic heterocycles. The summed E-state index contributed by atoms with van der Waals surface area (Å²) in [5.74, 6) is -2.76. The molecule has 1 aliphatic rings. The molecule has 0 atom stereocenters. The molecule has 0 aromatic carbocycles. The van der Waals surface area contributed by atoms with Crippen LogP contribution in [-0.2, 0) is 4.79 Å². The van der Waals surface area contributed by atoms with Gasteiger partial charge in [0.05, 0.1) is 0 Å². The van der Waals surface area contributed by atoms with Crippen molar-refractivity contribution < 1.29 is 23.1 Å². The van der Waals surface area contributed by atoms with Crippen LogP contribution >= 0.6 is 15.9 Å². The number of carboxylic acids is 1. The fourth-order valence-corrected chi connectivity index (χ4v) is 0.711. The van der Waals surface area contributed by atoms with Gasteiger partial charge in [0.25, 0.3) is 0 Å². The third kappa shape index (κ3) is 5.36. The minimum atomic E-state index is -5.08. The first kappa shape index (κ1) is 11.7. The van der Waals surface area contributed by atoms with Crippen LogP contribution in [0.1, 0.15) is 0 Å². The van der Waals surface area contributed by atoms with Gasteiger partial charge < -0.3 is 10.4 Å². The highest BCUT2D eigenvalue weighted by Gasteiger charge is 2.38. The molecule has 1 saturated heterocycles. The smallest absolute Gasteiger partial charge is 0.475 e. The van der Waals surface area contributed by atoms with Crippen LogP contribution in [0.3, 0.4) is 0 Å². The third-order valence-electron chi connectivity index (χ3n) is 0.974. The number of carboxylic acid groups (broad SMARTS) is 1. The fourth-order valence-electron chi connectivity index (χ4n) is 0.253. The van der Waals surface area contributed by atoms with Gasteiger partial charge in [-0.2, -0.15) is 13.2 Å². The lowest BCUT2D eigenvalue weighted by Crippen LogP contribution is -2.42. The Hall–Kier alpha value is -0.300. The molecular formula is C5H7BrF3NO2. The van der Waals surface area contributed by atoms with Gasteiger partial charge in [0.1, 0.15) is 0 Å². The quantitative estimate of drug-likeness (QED) is 0.630. The van der Waals surface area contributed by atoms with Crippen LogP contribution in [0.25, 0.3) is 0 Å². The maximum atomic E-state index is 10.6. The van der Waals surface area contributed by atoms with Crippen molar-refractivity contribution in [3.63, 3.8) is 0 Å². The van der Waals surface area contributed by atoms with Crippen molar-refractivity contribution >= 4 is 21.9 Å². The summed E-state index contributed by atoms with van der Waals surface area (Å²) < 4.78 is 31.7. The van der Waals surface area contributed by atoms with Crippen LogP contribution in [0.5, 0.6) is 0 Å². The SMILES string of the molecule is BrC1CNC1.O=C(O)C(F)(F)F. The second-order valence-electron chi connectivity index (χ2n) is 2.06. The van der Waals surface area contributed by atoms with Crippen molar-refractivity contribution in [1.82, 2.24) is 5.32 Å². The first-order valence-electron chi connectivity index (χ1n) is 2.99. The van der Waals surface area contributed by atoms with Gasteiger partial charge in [-0.1, -0.05) is 15.9 Å². The van der Waals surface area contributed by atoms with Crippen molar-refractivity contribution in [3.05, 3.63) is 0 Å². The summed E-state index contributed by atoms with van der Waals surface area (Å²) in [6.07, 6.45) is -5.08. The molecule has 0 unspecified atom stereocenters. The molecule has 1 heterocycles. The van der Waals surface area contributed by atoms with E-state index in [-0.39, 0.29) is 0 Å². The fraction of sp³-hybridized carbons (Fsp3) is 0.800. The summed E-state index contributed by atoms with van der Waals surface area (Å²) in [7, 11) is 0. The molecule has 2 N–H and O–H groups in total. The minimum Gasteiger partial charge on any atom is -0.475 e. The second-order valence-corrected chi connectivity index (χ2v) is 3.35. The summed E-state index contributed by atoms with van der Waals surface area (Å²) >= 11 is 3.40. The summed E-state index contributed by atoms with van der Waals surface area (Å²) in [5, 5.41) is 10.2. The zero-order valence-electron chi connectivity index (χ0n) is 5.86. The molecule has 7 heteroatoms. The van der Waals surface area contributed by atoms with Crippen LogP contribution in [-0.4, -0.2) is 35.2 Å². The second kappa shape index (κ2) is 4.66. The average Bonchev–Trinajstić information content (AvgIpc) is 1.83. The summed E-state index contributed by atoms with van der Waals surface area (Å²) in [4.78, 5) is 9.66. The van der Waals surface area contributed by atoms with Crippen LogP contribution < -0.4 is 5.32 Å². The van der Waals surface area contributed by atoms with E-state index >= 15 is 0 Å². The maximum absolute atomic E-state index is 10.6. The van der Waals surface area contributed by atoms with Crippen molar-refractivity contribution in [2.45, 2.75) is 11.0 Å². The molecule has 0 spiro atoms. The number of alkyl halides is 4. The van der Waals surface area contributed by atoms with E-state index in [1.54, 1.807) is 0 Å². The maximum Gasteiger partial charge on any atom is 0.490 e. The molecule has 1 rings (SSSR count). The van der Waals surface area contributed by atoms with Gasteiger partial charge in [-0.25, -0.2) is 4.79 Å². The monoisotopic (exact) mass is 249 g/mol. The van der Waals surface area contributed by atoms with E-state index in [9.17, 15) is 13.2 Å². The van der Waals surface area contributed by atoms with Crippen LogP contribution in [0.2, 0.25) is 0 Å². The number of aliphatic carboxylic acids is 1. The van der Waals surface area contributed by atoms with Crippen molar-refractivity contribution in [2.24, 2.45) is 0 Å². The van der Waals surface area contributed by atoms with E-state index in [2.05, 4.69) is 21.2 Å². The molecule has 0 aromatic rings. The number of carbonyl (C=O) groups is 1. The van der Waals surface area contributed by atoms with Gasteiger partial charge in [0.2, 0.25) is 0 Å². The molecule has 0 saturated carbocycles. The van der Waals surface area contributed by atoms with E-state index in [1.807, 2.05) is 0 Å². The molecule has 0 radical (unpaired) electrons. The normalized spacial score (nSPS) is 17.3. The zero-order chi connectivity index (χ0) is 9.78. The number of nitrogens with one attached hydrogen (secondary N) is 1. The van der Waals surface area contributed by atoms with E-state index in [1.165, 1.54) is 0 Å². The van der Waals surface area contributed by atoms with Crippen LogP contribution in [0, 0.1) is 0 Å². The first-order chi connectivity index (χ1) is 5.34. The summed E-state index contributed by atoms with van der Waals surface area (Å²) in [5.41, 5.74) is 0. The summed E-state index contributed by atoms with van der Waals surface area (Å²) in [6, 6.07) is 0. The van der Waals surface area contributed by atoms with Gasteiger partial charge in [0.15, 0.2) is 0 Å². The highest BCUT2D eigenvalue weighted by molar-refractivity contribution is 9.09. The Balaban J connectivity index is 0.000000211. The van der Waals surface area contributed by atoms with Gasteiger partial charge in [-0.05, 0) is 0 Å². The Kier molecular flexibility index (Phi) is 4.54. The van der Waals surface area contributed by atoms with Gasteiger partial charge >= 0.3 is 12.1 Å². The van der Waals surface area contributed by atoms with E-state index in [0.717, 1.165) is 17.9 Å². The molecule has 0 bridgehead atoms. The number of halogens is 4. The zero-order valence-corrected chi connectivity index (χ0v) is 7.44. The Morgan fingerprint density at radius 3 is 1.75 bits per heavy atom. The molecule has 0 aliphatic carbocycles. The lowest BCUT2D eigenvalue weighted by Gasteiger charge is -2.19. The third-order valence-corrected chi connectivity index (χ3v) is 1.62. The lowest BCUT2D eigenvalue weighted by molar-refractivity contribution is -0.192. The molecular weight excluding hydrogens is 243 g/mol. The predicted molar refractivity (Wildman–Crippen MR) is 39.3 cm³/mol. The Morgan fingerprint density at radius 2 is 1.75 bits per heavy atom. The molecule has 0 aromatic heterocycles. The topological polar surface area (TPSA) is 49.3 Å². The minimum absolute atomic E-state index is 0.766. The largest absolute Gasteiger partial charge is 0.490 e. The Bertz CT molecular complexity index is 157. The average molecular weight is 250 g/mol. The number of rotatable bonds is 0. The molecule has 12 heavy (non-hydrogen) atoms. The van der Waals surface area contributed by atoms with Crippen molar-refractivity contribution in [1.29, 1.82) is 0 Å². The van der Waals surface area contributed by atoms with Gasteiger partial charge in [0, 0.05) is 17.9 Å². The first-order valence-corrected chi connectivity index (χ1v) is 3.90. The van der Waals surface area contributed by atoms with Gasteiger partial charge in [-0.3, -0.25) is 0 Å². The Morgan fingerprint density at radius 1 is 1.50 bits per heavy atom.